The van der Waals surface area contributed by atoms with Crippen LogP contribution in [0, 0.1) is 0 Å². The second kappa shape index (κ2) is 8.86. The fourth-order valence-electron chi connectivity index (χ4n) is 2.73. The van der Waals surface area contributed by atoms with E-state index in [1.807, 2.05) is 57.2 Å². The topological polar surface area (TPSA) is 47.6 Å². The van der Waals surface area contributed by atoms with E-state index in [0.29, 0.717) is 19.6 Å². The van der Waals surface area contributed by atoms with Crippen LogP contribution in [-0.2, 0) is 9.53 Å². The van der Waals surface area contributed by atoms with Crippen LogP contribution >= 0.6 is 0 Å². The zero-order valence-corrected chi connectivity index (χ0v) is 15.7. The Morgan fingerprint density at radius 3 is 2.44 bits per heavy atom. The molecule has 25 heavy (non-hydrogen) atoms. The van der Waals surface area contributed by atoms with Gasteiger partial charge in [0.1, 0.15) is 11.4 Å². The van der Waals surface area contributed by atoms with Gasteiger partial charge >= 0.3 is 0 Å². The number of nitrogens with one attached hydrogen (secondary N) is 1. The minimum atomic E-state index is -0.827. The molecule has 0 aliphatic rings. The van der Waals surface area contributed by atoms with Crippen molar-refractivity contribution in [3.05, 3.63) is 36.4 Å². The summed E-state index contributed by atoms with van der Waals surface area (Å²) in [5, 5.41) is 5.01. The van der Waals surface area contributed by atoms with Gasteiger partial charge in [0.05, 0.1) is 6.61 Å². The Hall–Kier alpha value is -2.07. The molecule has 0 aliphatic carbocycles. The number of amides is 1. The highest BCUT2D eigenvalue weighted by atomic mass is 16.5. The highest BCUT2D eigenvalue weighted by Crippen LogP contribution is 2.32. The first-order valence-electron chi connectivity index (χ1n) is 9.15. The Balaban J connectivity index is 2.30. The number of hydrogen-bond donors (Lipinski definition) is 1. The van der Waals surface area contributed by atoms with Gasteiger partial charge in [0.15, 0.2) is 0 Å². The summed E-state index contributed by atoms with van der Waals surface area (Å²) in [6, 6.07) is 11.8. The third kappa shape index (κ3) is 4.51. The lowest BCUT2D eigenvalue weighted by Crippen LogP contribution is -2.42. The SMILES string of the molecule is CCCCOc1ccc(NC(=O)C(C)(CC)OCC)c2ccccc12. The third-order valence-corrected chi connectivity index (χ3v) is 4.51. The molecule has 1 N–H and O–H groups in total. The molecule has 2 rings (SSSR count). The molecular formula is C21H29NO3. The van der Waals surface area contributed by atoms with Gasteiger partial charge in [-0.1, -0.05) is 44.5 Å². The van der Waals surface area contributed by atoms with Gasteiger partial charge in [0.2, 0.25) is 0 Å². The number of hydrogen-bond acceptors (Lipinski definition) is 3. The summed E-state index contributed by atoms with van der Waals surface area (Å²) in [6.45, 7) is 9.03. The largest absolute Gasteiger partial charge is 0.493 e. The highest BCUT2D eigenvalue weighted by Gasteiger charge is 2.32. The fourth-order valence-corrected chi connectivity index (χ4v) is 2.73. The van der Waals surface area contributed by atoms with Gasteiger partial charge in [-0.25, -0.2) is 0 Å². The molecule has 0 heterocycles. The maximum atomic E-state index is 12.7. The molecule has 0 aliphatic heterocycles. The Labute approximate surface area is 150 Å². The lowest BCUT2D eigenvalue weighted by Gasteiger charge is -2.27. The van der Waals surface area contributed by atoms with E-state index < -0.39 is 5.60 Å². The lowest BCUT2D eigenvalue weighted by molar-refractivity contribution is -0.139. The van der Waals surface area contributed by atoms with E-state index in [0.717, 1.165) is 35.1 Å². The predicted octanol–water partition coefficient (Wildman–Crippen LogP) is 5.16. The summed E-state index contributed by atoms with van der Waals surface area (Å²) < 4.78 is 11.6. The van der Waals surface area contributed by atoms with Gasteiger partial charge in [0.25, 0.3) is 5.91 Å². The van der Waals surface area contributed by atoms with Crippen LogP contribution in [0.1, 0.15) is 47.0 Å². The van der Waals surface area contributed by atoms with Crippen LogP contribution in [0.3, 0.4) is 0 Å². The van der Waals surface area contributed by atoms with Gasteiger partial charge in [-0.3, -0.25) is 4.79 Å². The van der Waals surface area contributed by atoms with Crippen LogP contribution in [-0.4, -0.2) is 24.7 Å². The van der Waals surface area contributed by atoms with Crippen molar-refractivity contribution in [2.45, 2.75) is 52.6 Å². The van der Waals surface area contributed by atoms with Gasteiger partial charge in [-0.15, -0.1) is 0 Å². The second-order valence-corrected chi connectivity index (χ2v) is 6.33. The van der Waals surface area contributed by atoms with Crippen molar-refractivity contribution in [3.63, 3.8) is 0 Å². The van der Waals surface area contributed by atoms with Crippen molar-refractivity contribution in [2.24, 2.45) is 0 Å². The zero-order chi connectivity index (χ0) is 18.3. The maximum Gasteiger partial charge on any atom is 0.256 e. The number of carbonyl (C=O) groups excluding carboxylic acids is 1. The van der Waals surface area contributed by atoms with Crippen LogP contribution in [0.15, 0.2) is 36.4 Å². The molecule has 0 bridgehead atoms. The van der Waals surface area contributed by atoms with Crippen LogP contribution in [0.4, 0.5) is 5.69 Å². The van der Waals surface area contributed by atoms with E-state index >= 15 is 0 Å². The quantitative estimate of drug-likeness (QED) is 0.640. The number of anilines is 1. The molecule has 0 spiro atoms. The first kappa shape index (κ1) is 19.3. The van der Waals surface area contributed by atoms with Crippen LogP contribution in [0.2, 0.25) is 0 Å². The zero-order valence-electron chi connectivity index (χ0n) is 15.7. The Morgan fingerprint density at radius 1 is 1.08 bits per heavy atom. The van der Waals surface area contributed by atoms with Gasteiger partial charge in [0, 0.05) is 23.1 Å². The van der Waals surface area contributed by atoms with Gasteiger partial charge in [-0.05, 0) is 38.8 Å². The summed E-state index contributed by atoms with van der Waals surface area (Å²) in [5.74, 6) is 0.728. The first-order valence-corrected chi connectivity index (χ1v) is 9.15. The Morgan fingerprint density at radius 2 is 1.80 bits per heavy atom. The Bertz CT molecular complexity index is 713. The van der Waals surface area contributed by atoms with Crippen molar-refractivity contribution in [1.29, 1.82) is 0 Å². The van der Waals surface area contributed by atoms with Crippen molar-refractivity contribution in [3.8, 4) is 5.75 Å². The molecule has 1 atom stereocenters. The number of ether oxygens (including phenoxy) is 2. The predicted molar refractivity (Wildman–Crippen MR) is 103 cm³/mol. The molecule has 0 fully saturated rings. The van der Waals surface area contributed by atoms with Crippen LogP contribution < -0.4 is 10.1 Å². The lowest BCUT2D eigenvalue weighted by atomic mass is 10.0. The molecule has 4 nitrogen and oxygen atoms in total. The molecule has 1 unspecified atom stereocenters. The smallest absolute Gasteiger partial charge is 0.256 e. The van der Waals surface area contributed by atoms with Crippen molar-refractivity contribution >= 4 is 22.4 Å². The van der Waals surface area contributed by atoms with Gasteiger partial charge < -0.3 is 14.8 Å². The van der Waals surface area contributed by atoms with Gasteiger partial charge in [-0.2, -0.15) is 0 Å². The van der Waals surface area contributed by atoms with Crippen LogP contribution in [0.25, 0.3) is 10.8 Å². The molecular weight excluding hydrogens is 314 g/mol. The highest BCUT2D eigenvalue weighted by molar-refractivity contribution is 6.06. The summed E-state index contributed by atoms with van der Waals surface area (Å²) in [5.41, 5.74) is -0.0468. The minimum Gasteiger partial charge on any atom is -0.493 e. The number of carbonyl (C=O) groups is 1. The molecule has 136 valence electrons. The fraction of sp³-hybridized carbons (Fsp3) is 0.476. The van der Waals surface area contributed by atoms with E-state index in [2.05, 4.69) is 12.2 Å². The number of unbranched alkanes of at least 4 members (excludes halogenated alkanes) is 1. The van der Waals surface area contributed by atoms with E-state index in [4.69, 9.17) is 9.47 Å². The van der Waals surface area contributed by atoms with E-state index in [-0.39, 0.29) is 5.91 Å². The summed E-state index contributed by atoms with van der Waals surface area (Å²) in [4.78, 5) is 12.7. The van der Waals surface area contributed by atoms with Crippen molar-refractivity contribution in [2.75, 3.05) is 18.5 Å². The second-order valence-electron chi connectivity index (χ2n) is 6.33. The number of rotatable bonds is 9. The normalized spacial score (nSPS) is 13.4. The third-order valence-electron chi connectivity index (χ3n) is 4.51. The monoisotopic (exact) mass is 343 g/mol. The van der Waals surface area contributed by atoms with E-state index in [1.165, 1.54) is 0 Å². The molecule has 2 aromatic rings. The number of benzene rings is 2. The first-order chi connectivity index (χ1) is 12.1. The minimum absolute atomic E-state index is 0.123. The molecule has 0 aromatic heterocycles. The van der Waals surface area contributed by atoms with Crippen molar-refractivity contribution < 1.29 is 14.3 Å². The van der Waals surface area contributed by atoms with Crippen LogP contribution in [0.5, 0.6) is 5.75 Å². The molecule has 4 heteroatoms. The molecule has 0 saturated carbocycles. The Kier molecular flexibility index (Phi) is 6.82. The molecule has 0 saturated heterocycles. The molecule has 0 radical (unpaired) electrons. The maximum absolute atomic E-state index is 12.7. The average molecular weight is 343 g/mol. The summed E-state index contributed by atoms with van der Waals surface area (Å²) in [7, 11) is 0. The standard InChI is InChI=1S/C21H29NO3/c1-5-8-15-24-19-14-13-18(16-11-9-10-12-17(16)19)22-20(23)21(4,6-2)25-7-3/h9-14H,5-8,15H2,1-4H3,(H,22,23). The van der Waals surface area contributed by atoms with E-state index in [9.17, 15) is 4.79 Å². The van der Waals surface area contributed by atoms with Crippen molar-refractivity contribution in [1.82, 2.24) is 0 Å². The average Bonchev–Trinajstić information content (AvgIpc) is 2.63. The molecule has 1 amide bonds. The summed E-state index contributed by atoms with van der Waals surface area (Å²) in [6.07, 6.45) is 2.73. The van der Waals surface area contributed by atoms with E-state index in [1.54, 1.807) is 0 Å². The number of fused-ring (bicyclic) bond motifs is 1. The summed E-state index contributed by atoms with van der Waals surface area (Å²) >= 11 is 0. The molecule has 2 aromatic carbocycles.